The number of likely N-dealkylation sites (N-methyl/N-ethyl adjacent to an activating group) is 1. The highest BCUT2D eigenvalue weighted by Gasteiger charge is 2.14. The number of carbonyl (C=O) groups excluding carboxylic acids is 1. The third kappa shape index (κ3) is 4.42. The Morgan fingerprint density at radius 2 is 1.70 bits per heavy atom. The zero-order valence-electron chi connectivity index (χ0n) is 13.5. The Bertz CT molecular complexity index is 692. The van der Waals surface area contributed by atoms with Crippen LogP contribution in [0.2, 0.25) is 0 Å². The van der Waals surface area contributed by atoms with Crippen LogP contribution in [0, 0.1) is 6.92 Å². The van der Waals surface area contributed by atoms with Crippen LogP contribution in [0.15, 0.2) is 48.5 Å². The molecule has 0 saturated carbocycles. The fourth-order valence-corrected chi connectivity index (χ4v) is 2.42. The Balaban J connectivity index is 2.05. The standard InChI is InChI=1S/C19H21NO3/c1-3-20(13-17-7-5-4-6-14(17)2)18(21)12-15-8-10-16(11-9-15)19(22)23/h4-11H,3,12-13H2,1-2H3,(H,22,23). The molecule has 2 aromatic rings. The lowest BCUT2D eigenvalue weighted by molar-refractivity contribution is -0.130. The summed E-state index contributed by atoms with van der Waals surface area (Å²) in [5, 5.41) is 8.90. The van der Waals surface area contributed by atoms with E-state index in [-0.39, 0.29) is 17.9 Å². The van der Waals surface area contributed by atoms with Crippen LogP contribution in [0.1, 0.15) is 34.0 Å². The Kier molecular flexibility index (Phi) is 5.52. The number of nitrogens with zero attached hydrogens (tertiary/aromatic N) is 1. The van der Waals surface area contributed by atoms with Crippen molar-refractivity contribution in [1.29, 1.82) is 0 Å². The molecule has 0 aliphatic rings. The van der Waals surface area contributed by atoms with E-state index in [0.29, 0.717) is 13.1 Å². The van der Waals surface area contributed by atoms with Crippen LogP contribution in [-0.2, 0) is 17.8 Å². The molecule has 0 heterocycles. The minimum absolute atomic E-state index is 0.0406. The van der Waals surface area contributed by atoms with Gasteiger partial charge in [0, 0.05) is 13.1 Å². The molecule has 0 fully saturated rings. The summed E-state index contributed by atoms with van der Waals surface area (Å²) in [6.07, 6.45) is 0.277. The number of carboxylic acid groups (broad SMARTS) is 1. The fraction of sp³-hybridized carbons (Fsp3) is 0.263. The molecule has 0 aliphatic carbocycles. The molecule has 1 amide bonds. The first-order valence-electron chi connectivity index (χ1n) is 7.65. The molecule has 2 aromatic carbocycles. The zero-order chi connectivity index (χ0) is 16.8. The molecule has 4 heteroatoms. The second kappa shape index (κ2) is 7.58. The SMILES string of the molecule is CCN(Cc1ccccc1C)C(=O)Cc1ccc(C(=O)O)cc1. The summed E-state index contributed by atoms with van der Waals surface area (Å²) >= 11 is 0. The lowest BCUT2D eigenvalue weighted by Gasteiger charge is -2.22. The second-order valence-electron chi connectivity index (χ2n) is 5.51. The number of carboxylic acids is 1. The molecule has 0 atom stereocenters. The minimum Gasteiger partial charge on any atom is -0.478 e. The van der Waals surface area contributed by atoms with Gasteiger partial charge < -0.3 is 10.0 Å². The molecule has 2 rings (SSSR count). The minimum atomic E-state index is -0.961. The van der Waals surface area contributed by atoms with Crippen molar-refractivity contribution >= 4 is 11.9 Å². The van der Waals surface area contributed by atoms with Gasteiger partial charge in [-0.3, -0.25) is 4.79 Å². The van der Waals surface area contributed by atoms with E-state index in [1.165, 1.54) is 17.7 Å². The van der Waals surface area contributed by atoms with Gasteiger partial charge in [0.25, 0.3) is 0 Å². The fourth-order valence-electron chi connectivity index (χ4n) is 2.42. The molecule has 0 radical (unpaired) electrons. The maximum absolute atomic E-state index is 12.5. The summed E-state index contributed by atoms with van der Waals surface area (Å²) in [6.45, 7) is 5.23. The molecule has 1 N–H and O–H groups in total. The summed E-state index contributed by atoms with van der Waals surface area (Å²) in [7, 11) is 0. The lowest BCUT2D eigenvalue weighted by atomic mass is 10.1. The summed E-state index contributed by atoms with van der Waals surface area (Å²) in [6, 6.07) is 14.5. The number of hydrogen-bond acceptors (Lipinski definition) is 2. The Hall–Kier alpha value is -2.62. The number of rotatable bonds is 6. The molecule has 0 spiro atoms. The van der Waals surface area contributed by atoms with E-state index in [2.05, 4.69) is 0 Å². The average molecular weight is 311 g/mol. The van der Waals surface area contributed by atoms with Crippen LogP contribution in [0.5, 0.6) is 0 Å². The molecule has 0 aromatic heterocycles. The molecule has 0 unspecified atom stereocenters. The molecule has 120 valence electrons. The Morgan fingerprint density at radius 3 is 2.26 bits per heavy atom. The number of aryl methyl sites for hydroxylation is 1. The van der Waals surface area contributed by atoms with Crippen molar-refractivity contribution in [3.63, 3.8) is 0 Å². The van der Waals surface area contributed by atoms with Crippen LogP contribution in [-0.4, -0.2) is 28.4 Å². The number of hydrogen-bond donors (Lipinski definition) is 1. The monoisotopic (exact) mass is 311 g/mol. The van der Waals surface area contributed by atoms with Crippen LogP contribution < -0.4 is 0 Å². The van der Waals surface area contributed by atoms with E-state index in [9.17, 15) is 9.59 Å². The highest BCUT2D eigenvalue weighted by atomic mass is 16.4. The maximum atomic E-state index is 12.5. The summed E-state index contributed by atoms with van der Waals surface area (Å²) < 4.78 is 0. The summed E-state index contributed by atoms with van der Waals surface area (Å²) in [5.41, 5.74) is 3.37. The van der Waals surface area contributed by atoms with Crippen LogP contribution in [0.3, 0.4) is 0 Å². The van der Waals surface area contributed by atoms with Crippen molar-refractivity contribution in [2.45, 2.75) is 26.8 Å². The summed E-state index contributed by atoms with van der Waals surface area (Å²) in [5.74, 6) is -0.920. The van der Waals surface area contributed by atoms with Gasteiger partial charge in [0.05, 0.1) is 12.0 Å². The highest BCUT2D eigenvalue weighted by Crippen LogP contribution is 2.12. The maximum Gasteiger partial charge on any atom is 0.335 e. The van der Waals surface area contributed by atoms with E-state index in [0.717, 1.165) is 11.1 Å². The molecule has 0 saturated heterocycles. The Labute approximate surface area is 136 Å². The molecule has 0 bridgehead atoms. The van der Waals surface area contributed by atoms with E-state index in [4.69, 9.17) is 5.11 Å². The van der Waals surface area contributed by atoms with E-state index in [1.807, 2.05) is 43.0 Å². The van der Waals surface area contributed by atoms with Crippen molar-refractivity contribution in [3.8, 4) is 0 Å². The van der Waals surface area contributed by atoms with Gasteiger partial charge in [-0.1, -0.05) is 36.4 Å². The largest absolute Gasteiger partial charge is 0.478 e. The van der Waals surface area contributed by atoms with Crippen LogP contribution in [0.4, 0.5) is 0 Å². The first-order valence-corrected chi connectivity index (χ1v) is 7.65. The number of aromatic carboxylic acids is 1. The molecule has 0 aliphatic heterocycles. The first-order chi connectivity index (χ1) is 11.0. The number of carbonyl (C=O) groups is 2. The highest BCUT2D eigenvalue weighted by molar-refractivity contribution is 5.87. The van der Waals surface area contributed by atoms with Crippen molar-refractivity contribution in [2.24, 2.45) is 0 Å². The molecular formula is C19H21NO3. The third-order valence-electron chi connectivity index (χ3n) is 3.91. The van der Waals surface area contributed by atoms with Gasteiger partial charge in [-0.2, -0.15) is 0 Å². The third-order valence-corrected chi connectivity index (χ3v) is 3.91. The van der Waals surface area contributed by atoms with Gasteiger partial charge in [0.1, 0.15) is 0 Å². The van der Waals surface area contributed by atoms with Gasteiger partial charge in [0.2, 0.25) is 5.91 Å². The topological polar surface area (TPSA) is 57.6 Å². The second-order valence-corrected chi connectivity index (χ2v) is 5.51. The van der Waals surface area contributed by atoms with E-state index in [1.54, 1.807) is 12.1 Å². The predicted molar refractivity (Wildman–Crippen MR) is 89.4 cm³/mol. The first kappa shape index (κ1) is 16.7. The van der Waals surface area contributed by atoms with Crippen LogP contribution in [0.25, 0.3) is 0 Å². The van der Waals surface area contributed by atoms with Crippen molar-refractivity contribution in [2.75, 3.05) is 6.54 Å². The van der Waals surface area contributed by atoms with Gasteiger partial charge in [-0.05, 0) is 42.7 Å². The van der Waals surface area contributed by atoms with Gasteiger partial charge in [0.15, 0.2) is 0 Å². The van der Waals surface area contributed by atoms with Gasteiger partial charge in [-0.25, -0.2) is 4.79 Å². The summed E-state index contributed by atoms with van der Waals surface area (Å²) in [4.78, 5) is 25.1. The molecule has 23 heavy (non-hydrogen) atoms. The zero-order valence-corrected chi connectivity index (χ0v) is 13.5. The number of amides is 1. The van der Waals surface area contributed by atoms with E-state index < -0.39 is 5.97 Å². The van der Waals surface area contributed by atoms with Crippen molar-refractivity contribution in [1.82, 2.24) is 4.90 Å². The van der Waals surface area contributed by atoms with Crippen molar-refractivity contribution in [3.05, 3.63) is 70.8 Å². The van der Waals surface area contributed by atoms with Crippen LogP contribution >= 0.6 is 0 Å². The normalized spacial score (nSPS) is 10.3. The quantitative estimate of drug-likeness (QED) is 0.890. The molecule has 4 nitrogen and oxygen atoms in total. The predicted octanol–water partition coefficient (Wildman–Crippen LogP) is 3.28. The molecular weight excluding hydrogens is 290 g/mol. The van der Waals surface area contributed by atoms with Crippen molar-refractivity contribution < 1.29 is 14.7 Å². The van der Waals surface area contributed by atoms with Gasteiger partial charge in [-0.15, -0.1) is 0 Å². The van der Waals surface area contributed by atoms with E-state index >= 15 is 0 Å². The van der Waals surface area contributed by atoms with Gasteiger partial charge >= 0.3 is 5.97 Å². The number of benzene rings is 2. The Morgan fingerprint density at radius 1 is 1.04 bits per heavy atom. The lowest BCUT2D eigenvalue weighted by Crippen LogP contribution is -2.31. The smallest absolute Gasteiger partial charge is 0.335 e. The average Bonchev–Trinajstić information content (AvgIpc) is 2.54.